The van der Waals surface area contributed by atoms with Crippen LogP contribution in [0.3, 0.4) is 0 Å². The maximum atomic E-state index is 8.32. The van der Waals surface area contributed by atoms with Crippen molar-refractivity contribution in [1.29, 1.82) is 0 Å². The molecule has 3 aromatic rings. The Labute approximate surface area is 127 Å². The van der Waals surface area contributed by atoms with Crippen molar-refractivity contribution in [3.05, 3.63) is 65.3 Å². The van der Waals surface area contributed by atoms with Gasteiger partial charge in [-0.25, -0.2) is 4.57 Å². The zero-order chi connectivity index (χ0) is 15.3. The van der Waals surface area contributed by atoms with Gasteiger partial charge >= 0.3 is 0 Å². The van der Waals surface area contributed by atoms with Crippen LogP contribution < -0.4 is 4.57 Å². The highest BCUT2D eigenvalue weighted by Gasteiger charge is 2.19. The molecule has 1 heterocycles. The Balaban J connectivity index is 2.12. The van der Waals surface area contributed by atoms with E-state index >= 15 is 0 Å². The highest BCUT2D eigenvalue weighted by molar-refractivity contribution is 5.94. The number of aromatic nitrogens is 1. The summed E-state index contributed by atoms with van der Waals surface area (Å²) in [6, 6.07) is 15.1. The maximum absolute atomic E-state index is 8.32. The third-order valence-corrected chi connectivity index (χ3v) is 4.67. The second-order valence-corrected chi connectivity index (χ2v) is 6.06. The van der Waals surface area contributed by atoms with E-state index in [2.05, 4.69) is 43.3 Å². The molecule has 21 heavy (non-hydrogen) atoms. The molecule has 0 spiro atoms. The fourth-order valence-electron chi connectivity index (χ4n) is 3.54. The number of nitrogens with zero attached hydrogens (tertiary/aromatic N) is 1. The zero-order valence-corrected chi connectivity index (χ0v) is 12.6. The van der Waals surface area contributed by atoms with Crippen LogP contribution in [0.1, 0.15) is 24.5 Å². The molecule has 104 valence electrons. The summed E-state index contributed by atoms with van der Waals surface area (Å²) in [5.41, 5.74) is 6.60. The normalized spacial score (nSPS) is 14.3. The standard InChI is InChI=1S/C20H20N/c1-14-6-3-4-9-18(14)20-19-13-16-8-5-7-15(16)12-17(19)10-11-21(20)2/h3-4,6,9-13H,5,7-8H2,1-2H3/q+1/i11D. The van der Waals surface area contributed by atoms with Crippen LogP contribution >= 0.6 is 0 Å². The highest BCUT2D eigenvalue weighted by Crippen LogP contribution is 2.32. The molecular weight excluding hydrogens is 254 g/mol. The van der Waals surface area contributed by atoms with Gasteiger partial charge < -0.3 is 0 Å². The fourth-order valence-corrected chi connectivity index (χ4v) is 3.54. The lowest BCUT2D eigenvalue weighted by atomic mass is 9.97. The van der Waals surface area contributed by atoms with Crippen molar-refractivity contribution < 1.29 is 5.94 Å². The van der Waals surface area contributed by atoms with E-state index in [1.807, 2.05) is 17.7 Å². The zero-order valence-electron chi connectivity index (χ0n) is 13.6. The van der Waals surface area contributed by atoms with Crippen molar-refractivity contribution in [2.24, 2.45) is 7.05 Å². The molecule has 0 atom stereocenters. The first kappa shape index (κ1) is 11.5. The lowest BCUT2D eigenvalue weighted by Gasteiger charge is -2.09. The van der Waals surface area contributed by atoms with Crippen molar-refractivity contribution in [3.63, 3.8) is 0 Å². The minimum Gasteiger partial charge on any atom is -0.200 e. The molecule has 0 unspecified atom stereocenters. The lowest BCUT2D eigenvalue weighted by Crippen LogP contribution is -2.30. The Morgan fingerprint density at radius 1 is 1.05 bits per heavy atom. The van der Waals surface area contributed by atoms with Crippen LogP contribution in [-0.4, -0.2) is 0 Å². The maximum Gasteiger partial charge on any atom is 0.220 e. The van der Waals surface area contributed by atoms with E-state index in [1.165, 1.54) is 52.3 Å². The van der Waals surface area contributed by atoms with Gasteiger partial charge in [0.05, 0.1) is 5.39 Å². The summed E-state index contributed by atoms with van der Waals surface area (Å²) in [7, 11) is 2.00. The number of hydrogen-bond donors (Lipinski definition) is 0. The second-order valence-electron chi connectivity index (χ2n) is 6.06. The van der Waals surface area contributed by atoms with Gasteiger partial charge in [0.25, 0.3) is 0 Å². The van der Waals surface area contributed by atoms with Crippen molar-refractivity contribution in [1.82, 2.24) is 0 Å². The summed E-state index contributed by atoms with van der Waals surface area (Å²) >= 11 is 0. The summed E-state index contributed by atoms with van der Waals surface area (Å²) < 4.78 is 10.3. The summed E-state index contributed by atoms with van der Waals surface area (Å²) in [6.45, 7) is 2.14. The number of hydrogen-bond acceptors (Lipinski definition) is 0. The summed E-state index contributed by atoms with van der Waals surface area (Å²) in [5, 5.41) is 2.47. The van der Waals surface area contributed by atoms with Gasteiger partial charge in [0.2, 0.25) is 5.69 Å². The molecule has 1 aliphatic rings. The molecule has 1 heteroatoms. The first-order chi connectivity index (χ1) is 10.6. The van der Waals surface area contributed by atoms with E-state index in [9.17, 15) is 0 Å². The van der Waals surface area contributed by atoms with Crippen molar-refractivity contribution in [2.45, 2.75) is 26.2 Å². The third-order valence-electron chi connectivity index (χ3n) is 4.67. The quantitative estimate of drug-likeness (QED) is 0.588. The Morgan fingerprint density at radius 2 is 1.81 bits per heavy atom. The van der Waals surface area contributed by atoms with Crippen LogP contribution in [0.25, 0.3) is 22.0 Å². The van der Waals surface area contributed by atoms with Crippen LogP contribution in [0, 0.1) is 6.92 Å². The second kappa shape index (κ2) is 4.70. The van der Waals surface area contributed by atoms with Crippen LogP contribution in [0.2, 0.25) is 0 Å². The van der Waals surface area contributed by atoms with Crippen LogP contribution in [0.15, 0.2) is 48.6 Å². The molecule has 4 rings (SSSR count). The topological polar surface area (TPSA) is 3.88 Å². The Bertz CT molecular complexity index is 896. The van der Waals surface area contributed by atoms with Crippen LogP contribution in [0.5, 0.6) is 0 Å². The van der Waals surface area contributed by atoms with Gasteiger partial charge in [-0.2, -0.15) is 0 Å². The number of fused-ring (bicyclic) bond motifs is 2. The molecule has 0 bridgehead atoms. The average Bonchev–Trinajstić information content (AvgIpc) is 2.95. The molecule has 0 saturated heterocycles. The molecule has 1 nitrogen and oxygen atoms in total. The average molecular weight is 275 g/mol. The predicted octanol–water partition coefficient (Wildman–Crippen LogP) is 4.13. The molecule has 0 aliphatic heterocycles. The molecule has 1 aromatic heterocycles. The molecule has 0 saturated carbocycles. The minimum atomic E-state index is 0.559. The van der Waals surface area contributed by atoms with Gasteiger partial charge in [0, 0.05) is 11.6 Å². The predicted molar refractivity (Wildman–Crippen MR) is 87.3 cm³/mol. The molecular formula is C20H20N+. The van der Waals surface area contributed by atoms with Gasteiger partial charge in [0.1, 0.15) is 8.42 Å². The largest absolute Gasteiger partial charge is 0.220 e. The van der Waals surface area contributed by atoms with Gasteiger partial charge in [-0.15, -0.1) is 0 Å². The Morgan fingerprint density at radius 3 is 2.62 bits per heavy atom. The number of rotatable bonds is 1. The van der Waals surface area contributed by atoms with E-state index in [0.717, 1.165) is 5.69 Å². The Hall–Kier alpha value is -2.15. The number of aryl methyl sites for hydroxylation is 3. The van der Waals surface area contributed by atoms with Gasteiger partial charge in [-0.3, -0.25) is 0 Å². The lowest BCUT2D eigenvalue weighted by molar-refractivity contribution is -0.659. The third kappa shape index (κ3) is 1.96. The first-order valence-electron chi connectivity index (χ1n) is 8.16. The summed E-state index contributed by atoms with van der Waals surface area (Å²) in [5.74, 6) is 0. The van der Waals surface area contributed by atoms with Gasteiger partial charge in [0.15, 0.2) is 6.17 Å². The molecule has 0 fully saturated rings. The van der Waals surface area contributed by atoms with Gasteiger partial charge in [-0.1, -0.05) is 24.3 Å². The first-order valence-corrected chi connectivity index (χ1v) is 7.66. The molecule has 0 N–H and O–H groups in total. The van der Waals surface area contributed by atoms with Crippen LogP contribution in [0.4, 0.5) is 0 Å². The van der Waals surface area contributed by atoms with Crippen molar-refractivity contribution in [2.75, 3.05) is 0 Å². The number of pyridine rings is 1. The van der Waals surface area contributed by atoms with E-state index in [-0.39, 0.29) is 0 Å². The molecule has 2 aromatic carbocycles. The van der Waals surface area contributed by atoms with E-state index < -0.39 is 0 Å². The van der Waals surface area contributed by atoms with Gasteiger partial charge in [-0.05, 0) is 60.4 Å². The summed E-state index contributed by atoms with van der Waals surface area (Å²) in [6.07, 6.45) is 4.18. The molecule has 1 aliphatic carbocycles. The van der Waals surface area contributed by atoms with Crippen molar-refractivity contribution in [3.8, 4) is 11.3 Å². The SMILES string of the molecule is [2H]c1cc2cc3c(cc2c(-c2ccccc2C)[n+]1C)CCC3. The van der Waals surface area contributed by atoms with Crippen LogP contribution in [-0.2, 0) is 19.9 Å². The Kier molecular flexibility index (Phi) is 2.57. The monoisotopic (exact) mass is 275 g/mol. The minimum absolute atomic E-state index is 0.559. The van der Waals surface area contributed by atoms with E-state index in [0.29, 0.717) is 6.17 Å². The summed E-state index contributed by atoms with van der Waals surface area (Å²) in [4.78, 5) is 0. The molecule has 0 amide bonds. The van der Waals surface area contributed by atoms with Crippen molar-refractivity contribution >= 4 is 10.8 Å². The fraction of sp³-hybridized carbons (Fsp3) is 0.250. The van der Waals surface area contributed by atoms with E-state index in [1.54, 1.807) is 0 Å². The highest BCUT2D eigenvalue weighted by atomic mass is 14.9. The smallest absolute Gasteiger partial charge is 0.200 e. The molecule has 0 radical (unpaired) electrons. The number of benzene rings is 2. The van der Waals surface area contributed by atoms with E-state index in [4.69, 9.17) is 1.37 Å².